The van der Waals surface area contributed by atoms with Crippen LogP contribution in [0.5, 0.6) is 5.75 Å². The Morgan fingerprint density at radius 2 is 1.71 bits per heavy atom. The van der Waals surface area contributed by atoms with Gasteiger partial charge in [-0.25, -0.2) is 0 Å². The monoisotopic (exact) mass is 412 g/mol. The highest BCUT2D eigenvalue weighted by Gasteiger charge is 2.12. The smallest absolute Gasteiger partial charge is 0.257 e. The lowest BCUT2D eigenvalue weighted by Crippen LogP contribution is -2.12. The van der Waals surface area contributed by atoms with E-state index in [9.17, 15) is 4.79 Å². The average molecular weight is 413 g/mol. The van der Waals surface area contributed by atoms with E-state index in [1.165, 1.54) is 10.9 Å². The fourth-order valence-corrected chi connectivity index (χ4v) is 3.19. The summed E-state index contributed by atoms with van der Waals surface area (Å²) in [6.07, 6.45) is 0. The molecule has 1 N–H and O–H groups in total. The highest BCUT2D eigenvalue weighted by Crippen LogP contribution is 2.23. The Balaban J connectivity index is 1.59. The molecule has 6 nitrogen and oxygen atoms in total. The van der Waals surface area contributed by atoms with Gasteiger partial charge in [0.25, 0.3) is 5.91 Å². The molecule has 140 valence electrons. The van der Waals surface area contributed by atoms with Crippen molar-refractivity contribution in [1.82, 2.24) is 15.0 Å². The number of carbonyl (C=O) groups is 1. The standard InChI is InChI=1S/C20H14Cl2N4O2/c1-28-15-6-4-14(5-7-15)26-24-18-9-3-13(11-19(18)25-26)23-20(27)16-8-2-12(21)10-17(16)22/h2-11H,1H3,(H,23,27). The Morgan fingerprint density at radius 3 is 2.43 bits per heavy atom. The van der Waals surface area contributed by atoms with E-state index in [0.717, 1.165) is 11.4 Å². The minimum absolute atomic E-state index is 0.288. The predicted octanol–water partition coefficient (Wildman–Crippen LogP) is 4.99. The Hall–Kier alpha value is -3.09. The molecule has 0 fully saturated rings. The number of ether oxygens (including phenoxy) is 1. The summed E-state index contributed by atoms with van der Waals surface area (Å²) >= 11 is 12.0. The van der Waals surface area contributed by atoms with Crippen molar-refractivity contribution in [3.05, 3.63) is 76.3 Å². The van der Waals surface area contributed by atoms with Crippen LogP contribution in [0.3, 0.4) is 0 Å². The Morgan fingerprint density at radius 1 is 0.964 bits per heavy atom. The first-order valence-electron chi connectivity index (χ1n) is 8.31. The van der Waals surface area contributed by atoms with Crippen molar-refractivity contribution < 1.29 is 9.53 Å². The Bertz CT molecular complexity index is 1170. The first kappa shape index (κ1) is 18.3. The number of hydrogen-bond donors (Lipinski definition) is 1. The molecule has 0 aliphatic carbocycles. The normalized spacial score (nSPS) is 10.8. The largest absolute Gasteiger partial charge is 0.497 e. The number of hydrogen-bond acceptors (Lipinski definition) is 4. The summed E-state index contributed by atoms with van der Waals surface area (Å²) < 4.78 is 5.16. The van der Waals surface area contributed by atoms with Gasteiger partial charge in [0, 0.05) is 10.7 Å². The van der Waals surface area contributed by atoms with Crippen LogP contribution in [0.15, 0.2) is 60.7 Å². The summed E-state index contributed by atoms with van der Waals surface area (Å²) in [5.41, 5.74) is 3.09. The van der Waals surface area contributed by atoms with Gasteiger partial charge in [0.2, 0.25) is 0 Å². The van der Waals surface area contributed by atoms with Gasteiger partial charge in [-0.15, -0.1) is 10.2 Å². The molecular formula is C20H14Cl2N4O2. The van der Waals surface area contributed by atoms with Crippen molar-refractivity contribution in [2.45, 2.75) is 0 Å². The van der Waals surface area contributed by atoms with E-state index in [1.54, 1.807) is 37.4 Å². The minimum atomic E-state index is -0.330. The van der Waals surface area contributed by atoms with Gasteiger partial charge >= 0.3 is 0 Å². The molecule has 3 aromatic carbocycles. The second-order valence-electron chi connectivity index (χ2n) is 5.97. The van der Waals surface area contributed by atoms with Gasteiger partial charge < -0.3 is 10.1 Å². The molecule has 0 radical (unpaired) electrons. The van der Waals surface area contributed by atoms with Gasteiger partial charge in [-0.3, -0.25) is 4.79 Å². The molecule has 0 spiro atoms. The number of benzene rings is 3. The highest BCUT2D eigenvalue weighted by atomic mass is 35.5. The molecule has 28 heavy (non-hydrogen) atoms. The van der Waals surface area contributed by atoms with Crippen molar-refractivity contribution in [1.29, 1.82) is 0 Å². The van der Waals surface area contributed by atoms with Crippen LogP contribution in [0.25, 0.3) is 16.7 Å². The van der Waals surface area contributed by atoms with Gasteiger partial charge in [0.1, 0.15) is 16.8 Å². The molecule has 1 aromatic heterocycles. The maximum atomic E-state index is 12.5. The van der Waals surface area contributed by atoms with Crippen LogP contribution in [-0.4, -0.2) is 28.0 Å². The van der Waals surface area contributed by atoms with Crippen molar-refractivity contribution >= 4 is 45.8 Å². The molecule has 0 saturated heterocycles. The zero-order chi connectivity index (χ0) is 19.7. The number of amides is 1. The van der Waals surface area contributed by atoms with Crippen LogP contribution in [0.2, 0.25) is 10.0 Å². The summed E-state index contributed by atoms with van der Waals surface area (Å²) in [6.45, 7) is 0. The average Bonchev–Trinajstić information content (AvgIpc) is 3.11. The van der Waals surface area contributed by atoms with E-state index < -0.39 is 0 Å². The third kappa shape index (κ3) is 3.65. The maximum absolute atomic E-state index is 12.5. The van der Waals surface area contributed by atoms with Crippen molar-refractivity contribution in [2.24, 2.45) is 0 Å². The molecule has 4 rings (SSSR count). The first-order valence-corrected chi connectivity index (χ1v) is 9.07. The topological polar surface area (TPSA) is 69.0 Å². The number of halogens is 2. The second-order valence-corrected chi connectivity index (χ2v) is 6.81. The van der Waals surface area contributed by atoms with E-state index in [2.05, 4.69) is 15.5 Å². The van der Waals surface area contributed by atoms with Gasteiger partial charge in [0.05, 0.1) is 23.4 Å². The lowest BCUT2D eigenvalue weighted by atomic mass is 10.2. The van der Waals surface area contributed by atoms with Gasteiger partial charge in [0.15, 0.2) is 0 Å². The van der Waals surface area contributed by atoms with Crippen molar-refractivity contribution in [3.63, 3.8) is 0 Å². The molecule has 1 heterocycles. The molecule has 0 saturated carbocycles. The number of aromatic nitrogens is 3. The van der Waals surface area contributed by atoms with E-state index in [0.29, 0.717) is 27.3 Å². The van der Waals surface area contributed by atoms with E-state index in [4.69, 9.17) is 27.9 Å². The summed E-state index contributed by atoms with van der Waals surface area (Å²) in [5.74, 6) is 0.426. The Kier molecular flexibility index (Phi) is 4.90. The number of fused-ring (bicyclic) bond motifs is 1. The summed E-state index contributed by atoms with van der Waals surface area (Å²) in [5, 5.41) is 12.5. The van der Waals surface area contributed by atoms with Crippen molar-refractivity contribution in [2.75, 3.05) is 12.4 Å². The van der Waals surface area contributed by atoms with Crippen LogP contribution in [0.4, 0.5) is 5.69 Å². The molecule has 8 heteroatoms. The quantitative estimate of drug-likeness (QED) is 0.512. The van der Waals surface area contributed by atoms with Crippen LogP contribution in [-0.2, 0) is 0 Å². The van der Waals surface area contributed by atoms with Gasteiger partial charge in [-0.1, -0.05) is 23.2 Å². The number of nitrogens with one attached hydrogen (secondary N) is 1. The zero-order valence-electron chi connectivity index (χ0n) is 14.7. The molecule has 1 amide bonds. The maximum Gasteiger partial charge on any atom is 0.257 e. The lowest BCUT2D eigenvalue weighted by Gasteiger charge is -2.06. The zero-order valence-corrected chi connectivity index (χ0v) is 16.2. The molecular weight excluding hydrogens is 399 g/mol. The molecule has 0 unspecified atom stereocenters. The highest BCUT2D eigenvalue weighted by molar-refractivity contribution is 6.37. The third-order valence-electron chi connectivity index (χ3n) is 4.12. The Labute approximate surface area is 170 Å². The fourth-order valence-electron chi connectivity index (χ4n) is 2.70. The summed E-state index contributed by atoms with van der Waals surface area (Å²) in [7, 11) is 1.61. The van der Waals surface area contributed by atoms with Gasteiger partial charge in [-0.2, -0.15) is 4.80 Å². The second kappa shape index (κ2) is 7.50. The number of carbonyl (C=O) groups excluding carboxylic acids is 1. The number of rotatable bonds is 4. The third-order valence-corrected chi connectivity index (χ3v) is 4.67. The summed E-state index contributed by atoms with van der Waals surface area (Å²) in [4.78, 5) is 14.0. The van der Waals surface area contributed by atoms with E-state index in [-0.39, 0.29) is 10.9 Å². The number of nitrogens with zero attached hydrogens (tertiary/aromatic N) is 3. The lowest BCUT2D eigenvalue weighted by molar-refractivity contribution is 0.102. The first-order chi connectivity index (χ1) is 13.5. The van der Waals surface area contributed by atoms with E-state index in [1.807, 2.05) is 24.3 Å². The van der Waals surface area contributed by atoms with E-state index >= 15 is 0 Å². The van der Waals surface area contributed by atoms with Crippen LogP contribution < -0.4 is 10.1 Å². The fraction of sp³-hybridized carbons (Fsp3) is 0.0500. The van der Waals surface area contributed by atoms with Gasteiger partial charge in [-0.05, 0) is 60.7 Å². The molecule has 0 aliphatic heterocycles. The predicted molar refractivity (Wildman–Crippen MR) is 110 cm³/mol. The van der Waals surface area contributed by atoms with Crippen LogP contribution in [0.1, 0.15) is 10.4 Å². The van der Waals surface area contributed by atoms with Crippen LogP contribution >= 0.6 is 23.2 Å². The number of anilines is 1. The number of methoxy groups -OCH3 is 1. The minimum Gasteiger partial charge on any atom is -0.497 e. The molecule has 0 bridgehead atoms. The molecule has 0 aliphatic rings. The van der Waals surface area contributed by atoms with Crippen molar-refractivity contribution in [3.8, 4) is 11.4 Å². The molecule has 0 atom stereocenters. The molecule has 4 aromatic rings. The summed E-state index contributed by atoms with van der Waals surface area (Å²) in [6, 6.07) is 17.4. The SMILES string of the molecule is COc1ccc(-n2nc3ccc(NC(=O)c4ccc(Cl)cc4Cl)cc3n2)cc1. The van der Waals surface area contributed by atoms with Crippen LogP contribution in [0, 0.1) is 0 Å².